The van der Waals surface area contributed by atoms with Crippen LogP contribution in [0.2, 0.25) is 0 Å². The average Bonchev–Trinajstić information content (AvgIpc) is 2.81. The normalized spacial score (nSPS) is 10.5. The molecule has 0 unspecified atom stereocenters. The minimum atomic E-state index is -0.524. The van der Waals surface area contributed by atoms with E-state index in [2.05, 4.69) is 15.6 Å². The van der Waals surface area contributed by atoms with Gasteiger partial charge in [0.05, 0.1) is 0 Å². The van der Waals surface area contributed by atoms with E-state index in [-0.39, 0.29) is 5.75 Å². The number of fused-ring (bicyclic) bond motifs is 1. The zero-order valence-corrected chi connectivity index (χ0v) is 14.5. The molecule has 0 aliphatic heterocycles. The summed E-state index contributed by atoms with van der Waals surface area (Å²) in [5.41, 5.74) is 7.90. The summed E-state index contributed by atoms with van der Waals surface area (Å²) in [6.07, 6.45) is 0. The van der Waals surface area contributed by atoms with E-state index in [0.717, 1.165) is 13.8 Å². The van der Waals surface area contributed by atoms with Crippen molar-refractivity contribution in [2.75, 3.05) is 0 Å². The Morgan fingerprint density at radius 2 is 2.05 bits per heavy atom. The summed E-state index contributed by atoms with van der Waals surface area (Å²) in [6.45, 7) is 0. The first kappa shape index (κ1) is 13.3. The molecule has 103 valence electrons. The number of para-hydroxylation sites is 1. The molecule has 3 rings (SSSR count). The fraction of sp³-hybridized carbons (Fsp3) is 0. The van der Waals surface area contributed by atoms with Crippen molar-refractivity contribution in [3.63, 3.8) is 0 Å². The maximum atomic E-state index is 9.80. The van der Waals surface area contributed by atoms with Gasteiger partial charge in [0.1, 0.15) is 0 Å². The molecule has 19 heavy (non-hydrogen) atoms. The van der Waals surface area contributed by atoms with Gasteiger partial charge in [-0.2, -0.15) is 0 Å². The maximum absolute atomic E-state index is 9.80. The maximum Gasteiger partial charge on any atom is 0 e. The summed E-state index contributed by atoms with van der Waals surface area (Å²) in [5, 5.41) is 21.3. The van der Waals surface area contributed by atoms with E-state index in [0.29, 0.717) is 11.3 Å². The van der Waals surface area contributed by atoms with E-state index in [1.54, 1.807) is 12.1 Å². The zero-order chi connectivity index (χ0) is 12.5. The number of hydrogen-bond acceptors (Lipinski definition) is 4. The molecule has 2 heterocycles. The molecule has 0 bridgehead atoms. The molecule has 0 atom stereocenters. The molecule has 0 aliphatic carbocycles. The number of nitrogens with zero attached hydrogens (tertiary/aromatic N) is 2. The number of rotatable bonds is 2. The second kappa shape index (κ2) is 5.23. The molecule has 0 saturated carbocycles. The number of benzene rings is 1. The molecule has 3 radical (unpaired) electrons. The van der Waals surface area contributed by atoms with Crippen molar-refractivity contribution >= 4 is 27.3 Å². The van der Waals surface area contributed by atoms with E-state index in [1.807, 2.05) is 18.2 Å². The summed E-state index contributed by atoms with van der Waals surface area (Å²) < 4.78 is 1.99. The molecule has 7 heteroatoms. The third-order valence-corrected chi connectivity index (χ3v) is 5.11. The minimum Gasteiger partial charge on any atom is 0 e. The van der Waals surface area contributed by atoms with E-state index >= 15 is 0 Å². The van der Waals surface area contributed by atoms with Crippen molar-refractivity contribution in [1.29, 1.82) is 0 Å². The van der Waals surface area contributed by atoms with Crippen LogP contribution in [0.3, 0.4) is 0 Å². The molecule has 0 fully saturated rings. The van der Waals surface area contributed by atoms with Crippen molar-refractivity contribution in [3.05, 3.63) is 39.3 Å². The topological polar surface area (TPSA) is 46.0 Å². The number of phenols is 1. The second-order valence-corrected chi connectivity index (χ2v) is 6.14. The van der Waals surface area contributed by atoms with Crippen LogP contribution in [0.15, 0.2) is 30.3 Å². The number of halogens is 1. The van der Waals surface area contributed by atoms with Gasteiger partial charge < -0.3 is 0 Å². The summed E-state index contributed by atoms with van der Waals surface area (Å²) in [4.78, 5) is 0. The first-order valence-corrected chi connectivity index (χ1v) is 8.23. The predicted octanol–water partition coefficient (Wildman–Crippen LogP) is -0.794. The van der Waals surface area contributed by atoms with Gasteiger partial charge in [-0.3, -0.25) is 0 Å². The Hall–Kier alpha value is -2.15. The second-order valence-electron chi connectivity index (χ2n) is 3.59. The smallest absolute Gasteiger partial charge is 0 e. The van der Waals surface area contributed by atoms with Crippen molar-refractivity contribution < 1.29 is 26.1 Å². The molecule has 0 spiro atoms. The van der Waals surface area contributed by atoms with Crippen LogP contribution in [-0.4, -0.2) is 21.0 Å². The number of hydrogen-bond donors (Lipinski definition) is 1. The Balaban J connectivity index is 0.00000133. The Bertz CT molecular complexity index is 722. The quantitative estimate of drug-likeness (QED) is 0.231. The van der Waals surface area contributed by atoms with Crippen LogP contribution in [0.1, 0.15) is 0 Å². The van der Waals surface area contributed by atoms with Gasteiger partial charge in [-0.25, -0.2) is 0 Å². The third-order valence-electron chi connectivity index (χ3n) is 2.51. The first-order chi connectivity index (χ1) is 8.79. The summed E-state index contributed by atoms with van der Waals surface area (Å²) in [7, 11) is 0. The minimum absolute atomic E-state index is 0. The van der Waals surface area contributed by atoms with Gasteiger partial charge in [0.15, 0.2) is 0 Å². The number of phenolic OH excluding ortho intramolecular Hbond substituents is 1. The Kier molecular flexibility index (Phi) is 3.66. The van der Waals surface area contributed by atoms with Gasteiger partial charge in [-0.15, -0.1) is 0 Å². The molecule has 0 aliphatic rings. The molecule has 0 saturated heterocycles. The van der Waals surface area contributed by atoms with Gasteiger partial charge >= 0.3 is 120 Å². The van der Waals surface area contributed by atoms with Gasteiger partial charge in [0.2, 0.25) is 0 Å². The van der Waals surface area contributed by atoms with Crippen LogP contribution in [-0.2, 0) is 0 Å². The molecular weight excluding hydrogens is 620 g/mol. The van der Waals surface area contributed by atoms with Crippen LogP contribution in [0.5, 0.6) is 5.75 Å². The van der Waals surface area contributed by atoms with Crippen LogP contribution < -0.4 is 21.0 Å². The molecule has 2 aromatic heterocycles. The summed E-state index contributed by atoms with van der Waals surface area (Å²) >= 11 is 0.968. The molecule has 3 nitrogen and oxygen atoms in total. The Labute approximate surface area is 119 Å². The van der Waals surface area contributed by atoms with Gasteiger partial charge in [-0.05, 0) is 0 Å². The first-order valence-electron chi connectivity index (χ1n) is 5.09. The molecular formula is C12H6BILrN2OS-2. The van der Waals surface area contributed by atoms with Crippen LogP contribution in [0.4, 0.5) is 0 Å². The monoisotopic (exact) mass is 626 g/mol. The predicted molar refractivity (Wildman–Crippen MR) is 67.8 cm³/mol. The fourth-order valence-corrected chi connectivity index (χ4v) is 3.99. The van der Waals surface area contributed by atoms with E-state index in [9.17, 15) is 5.11 Å². The summed E-state index contributed by atoms with van der Waals surface area (Å²) in [6, 6.07) is 9.01. The van der Waals surface area contributed by atoms with E-state index < -0.39 is 21.0 Å². The Morgan fingerprint density at radius 1 is 1.26 bits per heavy atom. The van der Waals surface area contributed by atoms with Crippen molar-refractivity contribution in [2.24, 2.45) is 0 Å². The SMILES string of the molecule is [B][I-]c1[c-]sc2cc(-c3ccccc3O)nnc12.[Lr]. The number of aromatic nitrogens is 2. The zero-order valence-electron chi connectivity index (χ0n) is 9.35. The number of thiophene rings is 1. The fourth-order valence-electron chi connectivity index (χ4n) is 1.65. The molecule has 1 aromatic carbocycles. The number of aromatic hydroxyl groups is 1. The molecule has 0 amide bonds. The summed E-state index contributed by atoms with van der Waals surface area (Å²) in [5.74, 6) is 0.207. The molecule has 1 N–H and O–H groups in total. The van der Waals surface area contributed by atoms with E-state index in [1.165, 1.54) is 11.3 Å². The van der Waals surface area contributed by atoms with E-state index in [4.69, 9.17) is 5.70 Å². The van der Waals surface area contributed by atoms with Gasteiger partial charge in [-0.1, -0.05) is 0 Å². The van der Waals surface area contributed by atoms with Crippen molar-refractivity contribution in [3.8, 4) is 17.0 Å². The average molecular weight is 626 g/mol. The standard InChI is InChI=1S/C12H6BIN2OS.Lr/c13-14-8-6-18-11-5-9(15-16-12(8)11)7-3-1-2-4-10(7)17;/h1-5,17H;/q-2;. The Morgan fingerprint density at radius 3 is 2.79 bits per heavy atom. The van der Waals surface area contributed by atoms with Crippen molar-refractivity contribution in [2.45, 2.75) is 0 Å². The largest absolute Gasteiger partial charge is 0 e. The third kappa shape index (κ3) is 2.24. The van der Waals surface area contributed by atoms with Crippen LogP contribution >= 0.6 is 11.3 Å². The van der Waals surface area contributed by atoms with Gasteiger partial charge in [0, 0.05) is 0 Å². The molecule has 3 aromatic rings. The van der Waals surface area contributed by atoms with Crippen molar-refractivity contribution in [1.82, 2.24) is 10.2 Å². The van der Waals surface area contributed by atoms with Crippen LogP contribution in [0.25, 0.3) is 21.5 Å². The van der Waals surface area contributed by atoms with Gasteiger partial charge in [0.25, 0.3) is 0 Å². The van der Waals surface area contributed by atoms with Crippen LogP contribution in [0, 0.1) is 8.95 Å².